The molecular weight excluding hydrogens is 374 g/mol. The van der Waals surface area contributed by atoms with Crippen LogP contribution in [0, 0.1) is 0 Å². The van der Waals surface area contributed by atoms with Crippen LogP contribution >= 0.6 is 11.8 Å². The van der Waals surface area contributed by atoms with Gasteiger partial charge < -0.3 is 19.1 Å². The van der Waals surface area contributed by atoms with E-state index >= 15 is 0 Å². The number of hydrogen-bond donors (Lipinski definition) is 0. The molecule has 0 spiro atoms. The van der Waals surface area contributed by atoms with Crippen LogP contribution in [0.3, 0.4) is 0 Å². The number of hydrogen-bond acceptors (Lipinski definition) is 5. The minimum absolute atomic E-state index is 0.0580. The summed E-state index contributed by atoms with van der Waals surface area (Å²) < 4.78 is 17.2. The van der Waals surface area contributed by atoms with Crippen LogP contribution in [0.2, 0.25) is 0 Å². The van der Waals surface area contributed by atoms with Crippen LogP contribution in [0.4, 0.5) is 0 Å². The van der Waals surface area contributed by atoms with Gasteiger partial charge in [-0.1, -0.05) is 12.1 Å². The minimum Gasteiger partial charge on any atom is -0.493 e. The van der Waals surface area contributed by atoms with Gasteiger partial charge in [0.1, 0.15) is 12.7 Å². The number of nitrogens with zero attached hydrogens (tertiary/aromatic N) is 1. The maximum absolute atomic E-state index is 12.9. The molecule has 2 aliphatic heterocycles. The summed E-state index contributed by atoms with van der Waals surface area (Å²) in [6.45, 7) is 2.17. The number of thioether (sulfide) groups is 1. The zero-order valence-electron chi connectivity index (χ0n) is 16.3. The fourth-order valence-electron chi connectivity index (χ4n) is 3.75. The molecule has 2 aromatic carbocycles. The average Bonchev–Trinajstić information content (AvgIpc) is 3.19. The van der Waals surface area contributed by atoms with Gasteiger partial charge in [0.2, 0.25) is 0 Å². The molecule has 2 aliphatic rings. The molecule has 1 fully saturated rings. The zero-order chi connectivity index (χ0) is 19.5. The van der Waals surface area contributed by atoms with Crippen LogP contribution in [-0.2, 0) is 16.1 Å². The van der Waals surface area contributed by atoms with Crippen LogP contribution < -0.4 is 9.47 Å². The van der Waals surface area contributed by atoms with E-state index in [1.807, 2.05) is 11.0 Å². The molecule has 1 unspecified atom stereocenters. The number of methoxy groups -OCH3 is 1. The van der Waals surface area contributed by atoms with Gasteiger partial charge in [0.15, 0.2) is 11.5 Å². The minimum atomic E-state index is -0.314. The number of benzene rings is 2. The van der Waals surface area contributed by atoms with E-state index in [0.717, 1.165) is 35.3 Å². The fourth-order valence-corrected chi connectivity index (χ4v) is 4.16. The van der Waals surface area contributed by atoms with Crippen molar-refractivity contribution >= 4 is 17.7 Å². The molecule has 0 N–H and O–H groups in total. The fraction of sp³-hybridized carbons (Fsp3) is 0.409. The summed E-state index contributed by atoms with van der Waals surface area (Å²) in [4.78, 5) is 15.9. The van der Waals surface area contributed by atoms with E-state index in [9.17, 15) is 4.79 Å². The summed E-state index contributed by atoms with van der Waals surface area (Å²) in [7, 11) is 1.65. The first kappa shape index (κ1) is 19.2. The largest absolute Gasteiger partial charge is 0.493 e. The van der Waals surface area contributed by atoms with E-state index in [0.29, 0.717) is 32.1 Å². The summed E-state index contributed by atoms with van der Waals surface area (Å²) >= 11 is 1.72. The van der Waals surface area contributed by atoms with Crippen molar-refractivity contribution in [3.8, 4) is 22.6 Å². The topological polar surface area (TPSA) is 48.0 Å². The summed E-state index contributed by atoms with van der Waals surface area (Å²) in [5.41, 5.74) is 3.13. The molecule has 4 rings (SSSR count). The highest BCUT2D eigenvalue weighted by molar-refractivity contribution is 7.98. The molecule has 148 valence electrons. The van der Waals surface area contributed by atoms with Crippen molar-refractivity contribution in [3.63, 3.8) is 0 Å². The maximum atomic E-state index is 12.9. The van der Waals surface area contributed by atoms with E-state index in [2.05, 4.69) is 36.6 Å². The standard InChI is InChI=1S/C22H25NO4S/c1-25-20-13-16(15-5-7-18(28-2)8-6-15)12-17-14-23(9-11-27-21(17)20)22(24)19-4-3-10-26-19/h5-8,12-13,19H,3-4,9-11,14H2,1-2H3. The summed E-state index contributed by atoms with van der Waals surface area (Å²) in [5, 5.41) is 0. The smallest absolute Gasteiger partial charge is 0.252 e. The SMILES string of the molecule is COc1cc(-c2ccc(SC)cc2)cc2c1OCCN(C(=O)C1CCCO1)C2. The number of rotatable bonds is 4. The molecule has 1 atom stereocenters. The monoisotopic (exact) mass is 399 g/mol. The van der Waals surface area contributed by atoms with Crippen molar-refractivity contribution in [2.75, 3.05) is 33.1 Å². The third kappa shape index (κ3) is 3.84. The summed E-state index contributed by atoms with van der Waals surface area (Å²) in [6, 6.07) is 12.6. The molecule has 0 aliphatic carbocycles. The second-order valence-electron chi connectivity index (χ2n) is 7.01. The van der Waals surface area contributed by atoms with Crippen LogP contribution in [0.15, 0.2) is 41.3 Å². The van der Waals surface area contributed by atoms with E-state index in [4.69, 9.17) is 14.2 Å². The Balaban J connectivity index is 1.66. The first-order chi connectivity index (χ1) is 13.7. The predicted octanol–water partition coefficient (Wildman–Crippen LogP) is 3.98. The van der Waals surface area contributed by atoms with Crippen molar-refractivity contribution in [1.29, 1.82) is 0 Å². The molecule has 28 heavy (non-hydrogen) atoms. The van der Waals surface area contributed by atoms with Gasteiger partial charge in [-0.2, -0.15) is 0 Å². The van der Waals surface area contributed by atoms with E-state index in [1.165, 1.54) is 4.90 Å². The molecule has 1 saturated heterocycles. The Kier molecular flexibility index (Phi) is 5.78. The van der Waals surface area contributed by atoms with Gasteiger partial charge in [-0.05, 0) is 54.5 Å². The number of amides is 1. The van der Waals surface area contributed by atoms with Crippen molar-refractivity contribution in [2.45, 2.75) is 30.4 Å². The first-order valence-corrected chi connectivity index (χ1v) is 10.8. The Morgan fingerprint density at radius 2 is 2.00 bits per heavy atom. The van der Waals surface area contributed by atoms with Crippen LogP contribution in [0.25, 0.3) is 11.1 Å². The van der Waals surface area contributed by atoms with E-state index < -0.39 is 0 Å². The lowest BCUT2D eigenvalue weighted by Gasteiger charge is -2.23. The highest BCUT2D eigenvalue weighted by atomic mass is 32.2. The lowest BCUT2D eigenvalue weighted by atomic mass is 10.0. The van der Waals surface area contributed by atoms with Crippen molar-refractivity contribution in [1.82, 2.24) is 4.90 Å². The van der Waals surface area contributed by atoms with Crippen molar-refractivity contribution < 1.29 is 19.0 Å². The molecule has 0 radical (unpaired) electrons. The van der Waals surface area contributed by atoms with Gasteiger partial charge >= 0.3 is 0 Å². The van der Waals surface area contributed by atoms with Crippen LogP contribution in [0.5, 0.6) is 11.5 Å². The Hall–Kier alpha value is -2.18. The van der Waals surface area contributed by atoms with Gasteiger partial charge in [0, 0.05) is 23.6 Å². The quantitative estimate of drug-likeness (QED) is 0.728. The average molecular weight is 400 g/mol. The number of fused-ring (bicyclic) bond motifs is 1. The second-order valence-corrected chi connectivity index (χ2v) is 7.88. The Morgan fingerprint density at radius 1 is 1.18 bits per heavy atom. The Bertz CT molecular complexity index is 846. The van der Waals surface area contributed by atoms with Gasteiger partial charge in [-0.25, -0.2) is 0 Å². The third-order valence-electron chi connectivity index (χ3n) is 5.26. The zero-order valence-corrected chi connectivity index (χ0v) is 17.1. The molecule has 0 bridgehead atoms. The van der Waals surface area contributed by atoms with Gasteiger partial charge in [-0.3, -0.25) is 4.79 Å². The van der Waals surface area contributed by atoms with Crippen LogP contribution in [0.1, 0.15) is 18.4 Å². The predicted molar refractivity (Wildman–Crippen MR) is 110 cm³/mol. The highest BCUT2D eigenvalue weighted by Gasteiger charge is 2.30. The number of ether oxygens (including phenoxy) is 3. The van der Waals surface area contributed by atoms with Gasteiger partial charge in [0.25, 0.3) is 5.91 Å². The van der Waals surface area contributed by atoms with Crippen molar-refractivity contribution in [3.05, 3.63) is 42.0 Å². The van der Waals surface area contributed by atoms with Crippen LogP contribution in [-0.4, -0.2) is 50.0 Å². The third-order valence-corrected chi connectivity index (χ3v) is 6.00. The number of carbonyl (C=O) groups is 1. The number of carbonyl (C=O) groups excluding carboxylic acids is 1. The molecule has 6 heteroatoms. The molecule has 2 heterocycles. The lowest BCUT2D eigenvalue weighted by Crippen LogP contribution is -2.39. The summed E-state index contributed by atoms with van der Waals surface area (Å²) in [6.07, 6.45) is 3.50. The van der Waals surface area contributed by atoms with Gasteiger partial charge in [0.05, 0.1) is 13.7 Å². The molecule has 1 amide bonds. The van der Waals surface area contributed by atoms with E-state index in [1.54, 1.807) is 18.9 Å². The molecular formula is C22H25NO4S. The lowest BCUT2D eigenvalue weighted by molar-refractivity contribution is -0.141. The second kappa shape index (κ2) is 8.45. The Morgan fingerprint density at radius 3 is 2.68 bits per heavy atom. The van der Waals surface area contributed by atoms with Crippen molar-refractivity contribution in [2.24, 2.45) is 0 Å². The van der Waals surface area contributed by atoms with E-state index in [-0.39, 0.29) is 12.0 Å². The molecule has 2 aromatic rings. The summed E-state index contributed by atoms with van der Waals surface area (Å²) in [5.74, 6) is 1.49. The normalized spacial score (nSPS) is 18.9. The Labute approximate surface area is 170 Å². The molecule has 0 aromatic heterocycles. The van der Waals surface area contributed by atoms with Gasteiger partial charge in [-0.15, -0.1) is 11.8 Å². The highest BCUT2D eigenvalue weighted by Crippen LogP contribution is 2.39. The first-order valence-electron chi connectivity index (χ1n) is 9.58. The maximum Gasteiger partial charge on any atom is 0.252 e. The molecule has 5 nitrogen and oxygen atoms in total. The molecule has 0 saturated carbocycles.